The summed E-state index contributed by atoms with van der Waals surface area (Å²) in [6.07, 6.45) is 0. The molecule has 8 heteroatoms. The molecule has 0 spiro atoms. The third kappa shape index (κ3) is 3.98. The molecule has 7 nitrogen and oxygen atoms in total. The van der Waals surface area contributed by atoms with Crippen LogP contribution in [0.2, 0.25) is 0 Å². The molecule has 0 bridgehead atoms. The average molecular weight is 326 g/mol. The third-order valence-corrected chi connectivity index (χ3v) is 4.86. The van der Waals surface area contributed by atoms with Crippen molar-refractivity contribution in [2.75, 3.05) is 32.7 Å². The lowest BCUT2D eigenvalue weighted by Crippen LogP contribution is -2.50. The van der Waals surface area contributed by atoms with E-state index in [9.17, 15) is 4.79 Å². The Balaban J connectivity index is 1.96. The topological polar surface area (TPSA) is 67.2 Å². The van der Waals surface area contributed by atoms with Gasteiger partial charge in [-0.15, -0.1) is 5.10 Å². The second-order valence-electron chi connectivity index (χ2n) is 6.56. The molecule has 0 saturated carbocycles. The number of carbonyl (C=O) groups excluding carboxylic acids is 1. The van der Waals surface area contributed by atoms with Gasteiger partial charge >= 0.3 is 0 Å². The third-order valence-electron chi connectivity index (χ3n) is 3.84. The molecule has 2 rings (SSSR count). The maximum Gasteiger partial charge on any atom is 0.235 e. The number of carbonyl (C=O) groups is 1. The van der Waals surface area contributed by atoms with Crippen molar-refractivity contribution in [3.05, 3.63) is 0 Å². The summed E-state index contributed by atoms with van der Waals surface area (Å²) in [5, 5.41) is 12.4. The first-order valence-corrected chi connectivity index (χ1v) is 8.67. The van der Waals surface area contributed by atoms with E-state index in [1.807, 2.05) is 32.6 Å². The first kappa shape index (κ1) is 17.2. The molecule has 124 valence electrons. The zero-order valence-corrected chi connectivity index (χ0v) is 14.9. The SMILES string of the molecule is CCN1CCN(C(=O)C(C)Sc2nnnn2C(C)(C)C)CC1. The molecule has 1 aromatic rings. The lowest BCUT2D eigenvalue weighted by molar-refractivity contribution is -0.132. The number of thioether (sulfide) groups is 1. The molecule has 1 unspecified atom stereocenters. The van der Waals surface area contributed by atoms with Gasteiger partial charge in [0.2, 0.25) is 11.1 Å². The van der Waals surface area contributed by atoms with Crippen molar-refractivity contribution < 1.29 is 4.79 Å². The Bertz CT molecular complexity index is 504. The standard InChI is InChI=1S/C14H26N6OS/c1-6-18-7-9-19(10-8-18)12(21)11(2)22-13-15-16-17-20(13)14(3,4)5/h11H,6-10H2,1-5H3. The van der Waals surface area contributed by atoms with Crippen molar-refractivity contribution in [2.45, 2.75) is 50.6 Å². The van der Waals surface area contributed by atoms with Gasteiger partial charge in [-0.2, -0.15) is 0 Å². The summed E-state index contributed by atoms with van der Waals surface area (Å²) in [4.78, 5) is 16.9. The van der Waals surface area contributed by atoms with Crippen LogP contribution in [0, 0.1) is 0 Å². The summed E-state index contributed by atoms with van der Waals surface area (Å²) in [6, 6.07) is 0. The molecule has 2 heterocycles. The maximum absolute atomic E-state index is 12.6. The second kappa shape index (κ2) is 6.95. The minimum Gasteiger partial charge on any atom is -0.339 e. The molecule has 1 aliphatic rings. The van der Waals surface area contributed by atoms with Crippen molar-refractivity contribution in [1.82, 2.24) is 30.0 Å². The summed E-state index contributed by atoms with van der Waals surface area (Å²) in [6.45, 7) is 14.8. The molecular weight excluding hydrogens is 300 g/mol. The Kier molecular flexibility index (Phi) is 5.44. The van der Waals surface area contributed by atoms with Gasteiger partial charge in [-0.25, -0.2) is 4.68 Å². The van der Waals surface area contributed by atoms with E-state index in [0.717, 1.165) is 32.7 Å². The molecular formula is C14H26N6OS. The van der Waals surface area contributed by atoms with E-state index in [0.29, 0.717) is 5.16 Å². The van der Waals surface area contributed by atoms with Gasteiger partial charge in [0.15, 0.2) is 0 Å². The summed E-state index contributed by atoms with van der Waals surface area (Å²) >= 11 is 1.43. The molecule has 1 aromatic heterocycles. The van der Waals surface area contributed by atoms with Crippen LogP contribution in [0.25, 0.3) is 0 Å². The van der Waals surface area contributed by atoms with Crippen LogP contribution < -0.4 is 0 Å². The number of tetrazole rings is 1. The van der Waals surface area contributed by atoms with Gasteiger partial charge in [0.1, 0.15) is 0 Å². The fraction of sp³-hybridized carbons (Fsp3) is 0.857. The molecule has 0 aromatic carbocycles. The van der Waals surface area contributed by atoms with Crippen molar-refractivity contribution in [3.63, 3.8) is 0 Å². The maximum atomic E-state index is 12.6. The lowest BCUT2D eigenvalue weighted by Gasteiger charge is -2.35. The van der Waals surface area contributed by atoms with E-state index in [2.05, 4.69) is 27.3 Å². The molecule has 0 radical (unpaired) electrons. The quantitative estimate of drug-likeness (QED) is 0.771. The van der Waals surface area contributed by atoms with Gasteiger partial charge < -0.3 is 9.80 Å². The minimum atomic E-state index is -0.193. The Labute approximate surface area is 136 Å². The van der Waals surface area contributed by atoms with Crippen molar-refractivity contribution in [1.29, 1.82) is 0 Å². The van der Waals surface area contributed by atoms with E-state index in [1.54, 1.807) is 4.68 Å². The Morgan fingerprint density at radius 2 is 1.91 bits per heavy atom. The first-order chi connectivity index (χ1) is 10.3. The fourth-order valence-electron chi connectivity index (χ4n) is 2.42. The van der Waals surface area contributed by atoms with Crippen LogP contribution in [0.4, 0.5) is 0 Å². The summed E-state index contributed by atoms with van der Waals surface area (Å²) in [7, 11) is 0. The second-order valence-corrected chi connectivity index (χ2v) is 7.87. The van der Waals surface area contributed by atoms with Crippen molar-refractivity contribution in [3.8, 4) is 0 Å². The molecule has 1 fully saturated rings. The predicted octanol–water partition coefficient (Wildman–Crippen LogP) is 1.07. The number of rotatable bonds is 4. The van der Waals surface area contributed by atoms with Crippen LogP contribution in [0.15, 0.2) is 5.16 Å². The highest BCUT2D eigenvalue weighted by atomic mass is 32.2. The lowest BCUT2D eigenvalue weighted by atomic mass is 10.1. The summed E-state index contributed by atoms with van der Waals surface area (Å²) < 4.78 is 1.77. The van der Waals surface area contributed by atoms with Gasteiger partial charge in [0, 0.05) is 26.2 Å². The Morgan fingerprint density at radius 1 is 1.27 bits per heavy atom. The average Bonchev–Trinajstić information content (AvgIpc) is 2.95. The molecule has 1 atom stereocenters. The largest absolute Gasteiger partial charge is 0.339 e. The van der Waals surface area contributed by atoms with Crippen molar-refractivity contribution >= 4 is 17.7 Å². The highest BCUT2D eigenvalue weighted by Gasteiger charge is 2.28. The van der Waals surface area contributed by atoms with E-state index in [1.165, 1.54) is 11.8 Å². The van der Waals surface area contributed by atoms with Crippen LogP contribution in [0.5, 0.6) is 0 Å². The Morgan fingerprint density at radius 3 is 2.45 bits per heavy atom. The van der Waals surface area contributed by atoms with E-state index in [4.69, 9.17) is 0 Å². The monoisotopic (exact) mass is 326 g/mol. The fourth-order valence-corrected chi connectivity index (χ4v) is 3.48. The van der Waals surface area contributed by atoms with Crippen molar-refractivity contribution in [2.24, 2.45) is 0 Å². The van der Waals surface area contributed by atoms with E-state index >= 15 is 0 Å². The molecule has 22 heavy (non-hydrogen) atoms. The number of piperazine rings is 1. The number of amides is 1. The van der Waals surface area contributed by atoms with Gasteiger partial charge in [0.05, 0.1) is 10.8 Å². The number of nitrogens with zero attached hydrogens (tertiary/aromatic N) is 6. The molecule has 1 amide bonds. The minimum absolute atomic E-state index is 0.171. The van der Waals surface area contributed by atoms with Gasteiger partial charge in [-0.05, 0) is 44.7 Å². The molecule has 1 aliphatic heterocycles. The summed E-state index contributed by atoms with van der Waals surface area (Å²) in [5.41, 5.74) is -0.193. The number of hydrogen-bond acceptors (Lipinski definition) is 6. The highest BCUT2D eigenvalue weighted by Crippen LogP contribution is 2.26. The zero-order chi connectivity index (χ0) is 16.3. The first-order valence-electron chi connectivity index (χ1n) is 7.79. The number of aromatic nitrogens is 4. The van der Waals surface area contributed by atoms with Gasteiger partial charge in [-0.3, -0.25) is 4.79 Å². The van der Waals surface area contributed by atoms with Gasteiger partial charge in [-0.1, -0.05) is 18.7 Å². The highest BCUT2D eigenvalue weighted by molar-refractivity contribution is 8.00. The zero-order valence-electron chi connectivity index (χ0n) is 14.1. The molecule has 1 saturated heterocycles. The van der Waals surface area contributed by atoms with Gasteiger partial charge in [0.25, 0.3) is 0 Å². The smallest absolute Gasteiger partial charge is 0.235 e. The van der Waals surface area contributed by atoms with Crippen LogP contribution in [0.3, 0.4) is 0 Å². The predicted molar refractivity (Wildman–Crippen MR) is 86.8 cm³/mol. The Hall–Kier alpha value is -1.15. The van der Waals surface area contributed by atoms with Crippen LogP contribution >= 0.6 is 11.8 Å². The van der Waals surface area contributed by atoms with Crippen LogP contribution in [-0.2, 0) is 10.3 Å². The van der Waals surface area contributed by atoms with E-state index in [-0.39, 0.29) is 16.7 Å². The van der Waals surface area contributed by atoms with Crippen LogP contribution in [-0.4, -0.2) is 73.9 Å². The molecule has 0 N–H and O–H groups in total. The molecule has 0 aliphatic carbocycles. The normalized spacial score (nSPS) is 18.5. The number of likely N-dealkylation sites (N-methyl/N-ethyl adjacent to an activating group) is 1. The van der Waals surface area contributed by atoms with E-state index < -0.39 is 0 Å². The number of hydrogen-bond donors (Lipinski definition) is 0. The summed E-state index contributed by atoms with van der Waals surface area (Å²) in [5.74, 6) is 0.171. The van der Waals surface area contributed by atoms with Crippen LogP contribution in [0.1, 0.15) is 34.6 Å².